The summed E-state index contributed by atoms with van der Waals surface area (Å²) in [6.07, 6.45) is 9.59. The van der Waals surface area contributed by atoms with E-state index in [0.717, 1.165) is 5.92 Å². The van der Waals surface area contributed by atoms with Crippen LogP contribution in [-0.4, -0.2) is 30.1 Å². The van der Waals surface area contributed by atoms with Crippen molar-refractivity contribution in [2.45, 2.75) is 44.7 Å². The predicted octanol–water partition coefficient (Wildman–Crippen LogP) is 1.76. The van der Waals surface area contributed by atoms with Crippen molar-refractivity contribution < 1.29 is 0 Å². The molecule has 0 aromatic carbocycles. The molecule has 0 aromatic heterocycles. The third-order valence-electron chi connectivity index (χ3n) is 3.65. The Kier molecular flexibility index (Phi) is 3.24. The highest BCUT2D eigenvalue weighted by molar-refractivity contribution is 4.96. The molecule has 2 unspecified atom stereocenters. The van der Waals surface area contributed by atoms with Gasteiger partial charge in [-0.1, -0.05) is 12.2 Å². The van der Waals surface area contributed by atoms with Gasteiger partial charge in [-0.25, -0.2) is 0 Å². The van der Waals surface area contributed by atoms with Crippen LogP contribution >= 0.6 is 0 Å². The molecule has 80 valence electrons. The van der Waals surface area contributed by atoms with E-state index in [2.05, 4.69) is 24.0 Å². The van der Waals surface area contributed by atoms with Gasteiger partial charge in [0.2, 0.25) is 0 Å². The average molecular weight is 194 g/mol. The predicted molar refractivity (Wildman–Crippen MR) is 60.1 cm³/mol. The van der Waals surface area contributed by atoms with Crippen LogP contribution in [-0.2, 0) is 0 Å². The van der Waals surface area contributed by atoms with Crippen LogP contribution in [0.3, 0.4) is 0 Å². The summed E-state index contributed by atoms with van der Waals surface area (Å²) in [7, 11) is 0. The van der Waals surface area contributed by atoms with Crippen LogP contribution in [0.15, 0.2) is 12.2 Å². The third-order valence-corrected chi connectivity index (χ3v) is 3.65. The molecule has 0 amide bonds. The summed E-state index contributed by atoms with van der Waals surface area (Å²) < 4.78 is 0. The first-order valence-corrected chi connectivity index (χ1v) is 5.90. The Labute approximate surface area is 87.2 Å². The second kappa shape index (κ2) is 4.45. The molecule has 2 aliphatic rings. The van der Waals surface area contributed by atoms with Gasteiger partial charge in [0.1, 0.15) is 0 Å². The fraction of sp³-hybridized carbons (Fsp3) is 0.833. The van der Waals surface area contributed by atoms with E-state index in [9.17, 15) is 0 Å². The molecule has 1 heterocycles. The largest absolute Gasteiger partial charge is 0.328 e. The minimum Gasteiger partial charge on any atom is -0.328 e. The van der Waals surface area contributed by atoms with E-state index in [1.165, 1.54) is 38.8 Å². The Morgan fingerprint density at radius 2 is 2.07 bits per heavy atom. The molecule has 2 heteroatoms. The van der Waals surface area contributed by atoms with Gasteiger partial charge in [0, 0.05) is 18.6 Å². The van der Waals surface area contributed by atoms with Crippen LogP contribution in [0.25, 0.3) is 0 Å². The standard InChI is InChI=1S/C12H22N2/c1-10-8-12(13)6-7-14(10)9-11-4-2-3-5-11/h2-3,10-12H,4-9,13H2,1H3. The van der Waals surface area contributed by atoms with Crippen LogP contribution < -0.4 is 5.73 Å². The number of piperidine rings is 1. The smallest absolute Gasteiger partial charge is 0.00817 e. The highest BCUT2D eigenvalue weighted by Crippen LogP contribution is 2.23. The van der Waals surface area contributed by atoms with E-state index in [1.54, 1.807) is 0 Å². The van der Waals surface area contributed by atoms with Crippen molar-refractivity contribution in [1.82, 2.24) is 4.90 Å². The molecule has 0 spiro atoms. The molecule has 0 radical (unpaired) electrons. The lowest BCUT2D eigenvalue weighted by Gasteiger charge is -2.37. The second-order valence-electron chi connectivity index (χ2n) is 4.94. The molecule has 2 N–H and O–H groups in total. The van der Waals surface area contributed by atoms with Gasteiger partial charge in [0.25, 0.3) is 0 Å². The van der Waals surface area contributed by atoms with Crippen LogP contribution in [0.2, 0.25) is 0 Å². The molecule has 0 bridgehead atoms. The molecule has 2 rings (SSSR count). The molecular weight excluding hydrogens is 172 g/mol. The van der Waals surface area contributed by atoms with Gasteiger partial charge in [-0.3, -0.25) is 0 Å². The summed E-state index contributed by atoms with van der Waals surface area (Å²) in [5, 5.41) is 0. The van der Waals surface area contributed by atoms with Crippen molar-refractivity contribution in [3.63, 3.8) is 0 Å². The minimum absolute atomic E-state index is 0.447. The van der Waals surface area contributed by atoms with E-state index >= 15 is 0 Å². The van der Waals surface area contributed by atoms with E-state index in [1.807, 2.05) is 0 Å². The maximum Gasteiger partial charge on any atom is 0.00817 e. The number of nitrogens with two attached hydrogens (primary N) is 1. The Bertz CT molecular complexity index is 204. The van der Waals surface area contributed by atoms with Crippen molar-refractivity contribution in [3.05, 3.63) is 12.2 Å². The Morgan fingerprint density at radius 3 is 2.71 bits per heavy atom. The quantitative estimate of drug-likeness (QED) is 0.679. The zero-order valence-corrected chi connectivity index (χ0v) is 9.15. The summed E-state index contributed by atoms with van der Waals surface area (Å²) in [6.45, 7) is 4.81. The Morgan fingerprint density at radius 1 is 1.36 bits per heavy atom. The monoisotopic (exact) mass is 194 g/mol. The normalized spacial score (nSPS) is 35.3. The third kappa shape index (κ3) is 2.37. The van der Waals surface area contributed by atoms with Gasteiger partial charge in [-0.2, -0.15) is 0 Å². The maximum atomic E-state index is 5.96. The fourth-order valence-electron chi connectivity index (χ4n) is 2.68. The van der Waals surface area contributed by atoms with E-state index < -0.39 is 0 Å². The molecule has 1 aliphatic heterocycles. The van der Waals surface area contributed by atoms with Crippen LogP contribution in [0.1, 0.15) is 32.6 Å². The van der Waals surface area contributed by atoms with Crippen LogP contribution in [0, 0.1) is 5.92 Å². The highest BCUT2D eigenvalue weighted by Gasteiger charge is 2.25. The van der Waals surface area contributed by atoms with E-state index in [4.69, 9.17) is 5.73 Å². The van der Waals surface area contributed by atoms with Gasteiger partial charge < -0.3 is 10.6 Å². The lowest BCUT2D eigenvalue weighted by atomic mass is 9.97. The molecule has 1 aliphatic carbocycles. The summed E-state index contributed by atoms with van der Waals surface area (Å²) in [4.78, 5) is 2.63. The minimum atomic E-state index is 0.447. The second-order valence-corrected chi connectivity index (χ2v) is 4.94. The zero-order valence-electron chi connectivity index (χ0n) is 9.15. The highest BCUT2D eigenvalue weighted by atomic mass is 15.2. The lowest BCUT2D eigenvalue weighted by Crippen LogP contribution is -2.47. The van der Waals surface area contributed by atoms with Gasteiger partial charge in [0.15, 0.2) is 0 Å². The van der Waals surface area contributed by atoms with Crippen molar-refractivity contribution in [1.29, 1.82) is 0 Å². The van der Waals surface area contributed by atoms with Gasteiger partial charge >= 0.3 is 0 Å². The number of nitrogens with zero attached hydrogens (tertiary/aromatic N) is 1. The number of hydrogen-bond donors (Lipinski definition) is 1. The van der Waals surface area contributed by atoms with E-state index in [0.29, 0.717) is 12.1 Å². The lowest BCUT2D eigenvalue weighted by molar-refractivity contribution is 0.127. The number of hydrogen-bond acceptors (Lipinski definition) is 2. The molecule has 1 saturated heterocycles. The number of allylic oxidation sites excluding steroid dienone is 2. The molecular formula is C12H22N2. The maximum absolute atomic E-state index is 5.96. The molecule has 0 saturated carbocycles. The summed E-state index contributed by atoms with van der Waals surface area (Å²) in [5.41, 5.74) is 5.96. The molecule has 14 heavy (non-hydrogen) atoms. The molecule has 1 fully saturated rings. The van der Waals surface area contributed by atoms with Crippen molar-refractivity contribution >= 4 is 0 Å². The van der Waals surface area contributed by atoms with Gasteiger partial charge in [-0.05, 0) is 45.1 Å². The number of likely N-dealkylation sites (tertiary alicyclic amines) is 1. The Balaban J connectivity index is 1.79. The van der Waals surface area contributed by atoms with Crippen molar-refractivity contribution in [3.8, 4) is 0 Å². The average Bonchev–Trinajstić information content (AvgIpc) is 2.62. The molecule has 0 aromatic rings. The summed E-state index contributed by atoms with van der Waals surface area (Å²) in [5.74, 6) is 0.881. The van der Waals surface area contributed by atoms with Crippen molar-refractivity contribution in [2.75, 3.05) is 13.1 Å². The summed E-state index contributed by atoms with van der Waals surface area (Å²) in [6, 6.07) is 1.14. The molecule has 2 nitrogen and oxygen atoms in total. The first-order chi connectivity index (χ1) is 6.75. The SMILES string of the molecule is CC1CC(N)CCN1CC1CC=CC1. The topological polar surface area (TPSA) is 29.3 Å². The number of rotatable bonds is 2. The van der Waals surface area contributed by atoms with Crippen LogP contribution in [0.4, 0.5) is 0 Å². The van der Waals surface area contributed by atoms with E-state index in [-0.39, 0.29) is 0 Å². The van der Waals surface area contributed by atoms with Gasteiger partial charge in [0.05, 0.1) is 0 Å². The van der Waals surface area contributed by atoms with Gasteiger partial charge in [-0.15, -0.1) is 0 Å². The first kappa shape index (κ1) is 10.2. The Hall–Kier alpha value is -0.340. The molecule has 2 atom stereocenters. The fourth-order valence-corrected chi connectivity index (χ4v) is 2.68. The summed E-state index contributed by atoms with van der Waals surface area (Å²) >= 11 is 0. The van der Waals surface area contributed by atoms with Crippen molar-refractivity contribution in [2.24, 2.45) is 11.7 Å². The zero-order chi connectivity index (χ0) is 9.97. The first-order valence-electron chi connectivity index (χ1n) is 5.90. The van der Waals surface area contributed by atoms with Crippen LogP contribution in [0.5, 0.6) is 0 Å².